The van der Waals surface area contributed by atoms with Gasteiger partial charge >= 0.3 is 0 Å². The molecule has 0 fully saturated rings. The van der Waals surface area contributed by atoms with Crippen LogP contribution in [0.5, 0.6) is 0 Å². The molecule has 0 radical (unpaired) electrons. The smallest absolute Gasteiger partial charge is 0.270 e. The van der Waals surface area contributed by atoms with E-state index in [0.717, 1.165) is 24.5 Å². The normalized spacial score (nSPS) is 16.5. The summed E-state index contributed by atoms with van der Waals surface area (Å²) in [6.45, 7) is 0. The number of Topliss-reactive ketones (excluding diaryl/α,β-unsaturated/α-hetero) is 1. The number of hydrogen-bond donors (Lipinski definition) is 0. The van der Waals surface area contributed by atoms with Crippen molar-refractivity contribution in [2.75, 3.05) is 0 Å². The van der Waals surface area contributed by atoms with Gasteiger partial charge in [0.05, 0.1) is 4.92 Å². The summed E-state index contributed by atoms with van der Waals surface area (Å²) in [4.78, 5) is 23.7. The maximum Gasteiger partial charge on any atom is 0.270 e. The Labute approximate surface area is 168 Å². The summed E-state index contributed by atoms with van der Waals surface area (Å²) in [7, 11) is 0. The number of benzene rings is 3. The third-order valence-corrected chi connectivity index (χ3v) is 5.98. The molecule has 2 aliphatic rings. The van der Waals surface area contributed by atoms with Crippen LogP contribution in [0.3, 0.4) is 0 Å². The third-order valence-electron chi connectivity index (χ3n) is 5.98. The summed E-state index contributed by atoms with van der Waals surface area (Å²) >= 11 is 0. The van der Waals surface area contributed by atoms with Gasteiger partial charge in [-0.2, -0.15) is 0 Å². The molecule has 0 saturated carbocycles. The Morgan fingerprint density at radius 2 is 1.79 bits per heavy atom. The van der Waals surface area contributed by atoms with E-state index in [1.807, 2.05) is 0 Å². The zero-order valence-electron chi connectivity index (χ0n) is 15.8. The predicted octanol–water partition coefficient (Wildman–Crippen LogP) is 3.82. The molecule has 3 aromatic carbocycles. The summed E-state index contributed by atoms with van der Waals surface area (Å²) in [5.41, 5.74) is 5.42. The van der Waals surface area contributed by atoms with Crippen LogP contribution in [-0.2, 0) is 12.8 Å². The number of hydrogen-bond acceptors (Lipinski definition) is 3. The second kappa shape index (κ2) is 6.82. The fourth-order valence-corrected chi connectivity index (χ4v) is 4.51. The van der Waals surface area contributed by atoms with Crippen molar-refractivity contribution in [1.29, 1.82) is 0 Å². The Balaban J connectivity index is 1.60. The van der Waals surface area contributed by atoms with Crippen molar-refractivity contribution in [2.24, 2.45) is 5.92 Å². The molecule has 3 aromatic rings. The molecule has 1 unspecified atom stereocenters. The van der Waals surface area contributed by atoms with Gasteiger partial charge in [0.25, 0.3) is 5.69 Å². The molecule has 5 rings (SSSR count). The third kappa shape index (κ3) is 2.97. The average Bonchev–Trinajstić information content (AvgIpc) is 2.77. The molecule has 4 nitrogen and oxygen atoms in total. The molecule has 0 aliphatic heterocycles. The van der Waals surface area contributed by atoms with Crippen LogP contribution in [0.4, 0.5) is 5.69 Å². The quantitative estimate of drug-likeness (QED) is 0.394. The summed E-state index contributed by atoms with van der Waals surface area (Å²) in [6, 6.07) is 18.9. The molecule has 4 heteroatoms. The lowest BCUT2D eigenvalue weighted by Gasteiger charge is -2.21. The second-order valence-corrected chi connectivity index (χ2v) is 7.65. The summed E-state index contributed by atoms with van der Waals surface area (Å²) in [6.07, 6.45) is 6.78. The van der Waals surface area contributed by atoms with Crippen molar-refractivity contribution >= 4 is 23.6 Å². The average molecular weight is 381 g/mol. The fourth-order valence-electron chi connectivity index (χ4n) is 4.51. The lowest BCUT2D eigenvalue weighted by atomic mass is 9.82. The van der Waals surface area contributed by atoms with Crippen LogP contribution in [0, 0.1) is 16.0 Å². The van der Waals surface area contributed by atoms with Crippen LogP contribution in [0.2, 0.25) is 0 Å². The first-order valence-corrected chi connectivity index (χ1v) is 9.83. The highest BCUT2D eigenvalue weighted by molar-refractivity contribution is 6.01. The molecule has 0 aromatic heterocycles. The summed E-state index contributed by atoms with van der Waals surface area (Å²) in [5, 5.41) is 13.4. The van der Waals surface area contributed by atoms with Gasteiger partial charge in [-0.05, 0) is 52.0 Å². The Morgan fingerprint density at radius 1 is 0.931 bits per heavy atom. The van der Waals surface area contributed by atoms with Crippen LogP contribution < -0.4 is 10.4 Å². The van der Waals surface area contributed by atoms with Crippen LogP contribution >= 0.6 is 0 Å². The first kappa shape index (κ1) is 17.6. The van der Waals surface area contributed by atoms with Crippen molar-refractivity contribution < 1.29 is 9.72 Å². The SMILES string of the molecule is O=C(c1cccc([N+](=O)[O-])c1)C1C=c2c(ccc3c2=CCc2ccccc2-3)CC1. The predicted molar refractivity (Wildman–Crippen MR) is 113 cm³/mol. The van der Waals surface area contributed by atoms with Gasteiger partial charge in [0, 0.05) is 23.6 Å². The largest absolute Gasteiger partial charge is 0.294 e. The maximum atomic E-state index is 13.1. The van der Waals surface area contributed by atoms with Crippen molar-refractivity contribution in [1.82, 2.24) is 0 Å². The molecule has 0 heterocycles. The van der Waals surface area contributed by atoms with Crippen molar-refractivity contribution in [3.63, 3.8) is 0 Å². The highest BCUT2D eigenvalue weighted by Crippen LogP contribution is 2.26. The first-order valence-electron chi connectivity index (χ1n) is 9.83. The van der Waals surface area contributed by atoms with Gasteiger partial charge in [0.1, 0.15) is 0 Å². The molecule has 0 N–H and O–H groups in total. The Hall–Kier alpha value is -3.53. The monoisotopic (exact) mass is 381 g/mol. The van der Waals surface area contributed by atoms with E-state index < -0.39 is 4.92 Å². The van der Waals surface area contributed by atoms with Crippen molar-refractivity contribution in [3.05, 3.63) is 97.9 Å². The Kier molecular flexibility index (Phi) is 4.13. The van der Waals surface area contributed by atoms with E-state index in [4.69, 9.17) is 0 Å². The number of carbonyl (C=O) groups is 1. The number of ketones is 1. The van der Waals surface area contributed by atoms with E-state index in [9.17, 15) is 14.9 Å². The summed E-state index contributed by atoms with van der Waals surface area (Å²) < 4.78 is 0. The number of fused-ring (bicyclic) bond motifs is 5. The molecular weight excluding hydrogens is 362 g/mol. The zero-order chi connectivity index (χ0) is 20.0. The van der Waals surface area contributed by atoms with Crippen LogP contribution in [0.25, 0.3) is 23.3 Å². The summed E-state index contributed by atoms with van der Waals surface area (Å²) in [5.74, 6) is -0.310. The van der Waals surface area contributed by atoms with Gasteiger partial charge in [0.15, 0.2) is 5.78 Å². The minimum Gasteiger partial charge on any atom is -0.294 e. The number of rotatable bonds is 3. The molecular formula is C25H19NO3. The number of nitro benzene ring substituents is 1. The second-order valence-electron chi connectivity index (χ2n) is 7.65. The molecule has 1 atom stereocenters. The highest BCUT2D eigenvalue weighted by Gasteiger charge is 2.24. The van der Waals surface area contributed by atoms with E-state index in [0.29, 0.717) is 5.56 Å². The lowest BCUT2D eigenvalue weighted by Crippen LogP contribution is -2.37. The number of non-ortho nitro benzene ring substituents is 1. The lowest BCUT2D eigenvalue weighted by molar-refractivity contribution is -0.384. The zero-order valence-corrected chi connectivity index (χ0v) is 15.8. The van der Waals surface area contributed by atoms with Gasteiger partial charge in [-0.25, -0.2) is 0 Å². The number of carbonyl (C=O) groups excluding carboxylic acids is 1. The van der Waals surface area contributed by atoms with E-state index >= 15 is 0 Å². The van der Waals surface area contributed by atoms with Crippen LogP contribution in [0.1, 0.15) is 27.9 Å². The Bertz CT molecular complexity index is 1290. The number of aryl methyl sites for hydroxylation is 1. The molecule has 0 amide bonds. The minimum atomic E-state index is -0.459. The maximum absolute atomic E-state index is 13.1. The highest BCUT2D eigenvalue weighted by atomic mass is 16.6. The van der Waals surface area contributed by atoms with E-state index in [2.05, 4.69) is 48.6 Å². The van der Waals surface area contributed by atoms with Gasteiger partial charge in [-0.1, -0.05) is 60.7 Å². The van der Waals surface area contributed by atoms with Gasteiger partial charge < -0.3 is 0 Å². The standard InChI is InChI=1S/C25H19NO3/c27-25(18-5-3-6-20(14-18)26(28)29)19-9-8-17-11-12-22-21-7-2-1-4-16(21)10-13-23(22)24(17)15-19/h1-7,11-15,19H,8-10H2. The van der Waals surface area contributed by atoms with Gasteiger partial charge in [-0.3, -0.25) is 14.9 Å². The van der Waals surface area contributed by atoms with Crippen molar-refractivity contribution in [2.45, 2.75) is 19.3 Å². The van der Waals surface area contributed by atoms with E-state index in [1.165, 1.54) is 39.6 Å². The van der Waals surface area contributed by atoms with Crippen molar-refractivity contribution in [3.8, 4) is 11.1 Å². The number of nitro groups is 1. The fraction of sp³-hybridized carbons (Fsp3) is 0.160. The van der Waals surface area contributed by atoms with E-state index in [-0.39, 0.29) is 17.4 Å². The molecule has 0 spiro atoms. The van der Waals surface area contributed by atoms with Gasteiger partial charge in [-0.15, -0.1) is 0 Å². The van der Waals surface area contributed by atoms with Crippen LogP contribution in [0.15, 0.2) is 60.7 Å². The van der Waals surface area contributed by atoms with Crippen LogP contribution in [-0.4, -0.2) is 10.7 Å². The molecule has 2 aliphatic carbocycles. The molecule has 142 valence electrons. The topological polar surface area (TPSA) is 60.2 Å². The minimum absolute atomic E-state index is 0.0469. The van der Waals surface area contributed by atoms with Gasteiger partial charge in [0.2, 0.25) is 0 Å². The molecule has 0 bridgehead atoms. The van der Waals surface area contributed by atoms with E-state index in [1.54, 1.807) is 12.1 Å². The first-order chi connectivity index (χ1) is 14.1. The molecule has 29 heavy (non-hydrogen) atoms. The number of nitrogens with zero attached hydrogens (tertiary/aromatic N) is 1. The Morgan fingerprint density at radius 3 is 2.66 bits per heavy atom. The molecule has 0 saturated heterocycles.